The number of nitrogens with zero attached hydrogens (tertiary/aromatic N) is 2. The smallest absolute Gasteiger partial charge is 0.410 e. The number of isocyanates is 1. The molecule has 0 heterocycles. The Bertz CT molecular complexity index is 727. The minimum Gasteiger partial charge on any atom is -0.496 e. The fourth-order valence-corrected chi connectivity index (χ4v) is 2.30. The molecule has 0 aromatic heterocycles. The number of hydrogen-bond acceptors (Lipinski definition) is 5. The lowest BCUT2D eigenvalue weighted by Crippen LogP contribution is -2.33. The Hall–Kier alpha value is -3.11. The lowest BCUT2D eigenvalue weighted by atomic mass is 10.2. The summed E-state index contributed by atoms with van der Waals surface area (Å²) in [6.45, 7) is 0.894. The molecule has 0 saturated heterocycles. The Morgan fingerprint density at radius 2 is 1.84 bits per heavy atom. The van der Waals surface area contributed by atoms with Crippen LogP contribution in [-0.4, -0.2) is 37.3 Å². The van der Waals surface area contributed by atoms with Gasteiger partial charge >= 0.3 is 6.09 Å². The summed E-state index contributed by atoms with van der Waals surface area (Å²) in [6, 6.07) is 16.9. The zero-order valence-electron chi connectivity index (χ0n) is 14.1. The predicted octanol–water partition coefficient (Wildman–Crippen LogP) is 3.17. The minimum atomic E-state index is -0.476. The van der Waals surface area contributed by atoms with Crippen LogP contribution in [0.1, 0.15) is 11.1 Å². The number of methoxy groups -OCH3 is 1. The van der Waals surface area contributed by atoms with E-state index < -0.39 is 6.09 Å². The molecule has 2 rings (SSSR count). The van der Waals surface area contributed by atoms with Gasteiger partial charge in [0, 0.05) is 12.1 Å². The summed E-state index contributed by atoms with van der Waals surface area (Å²) in [5.41, 5.74) is 1.75. The van der Waals surface area contributed by atoms with Gasteiger partial charge in [0.1, 0.15) is 12.4 Å². The number of para-hydroxylation sites is 1. The Balaban J connectivity index is 2.05. The van der Waals surface area contributed by atoms with Gasteiger partial charge in [-0.3, -0.25) is 0 Å². The number of amides is 1. The van der Waals surface area contributed by atoms with Crippen molar-refractivity contribution in [2.75, 3.05) is 20.2 Å². The number of benzene rings is 2. The van der Waals surface area contributed by atoms with Crippen molar-refractivity contribution in [2.45, 2.75) is 13.2 Å². The lowest BCUT2D eigenvalue weighted by Gasteiger charge is -2.22. The van der Waals surface area contributed by atoms with Crippen LogP contribution < -0.4 is 4.74 Å². The van der Waals surface area contributed by atoms with Crippen LogP contribution >= 0.6 is 0 Å². The van der Waals surface area contributed by atoms with E-state index >= 15 is 0 Å². The molecule has 0 aliphatic carbocycles. The number of aliphatic imine (C=N–C) groups is 1. The van der Waals surface area contributed by atoms with E-state index in [2.05, 4.69) is 4.99 Å². The Labute approximate surface area is 146 Å². The minimum absolute atomic E-state index is 0.166. The van der Waals surface area contributed by atoms with E-state index in [1.54, 1.807) is 7.11 Å². The van der Waals surface area contributed by atoms with Crippen LogP contribution in [0.3, 0.4) is 0 Å². The highest BCUT2D eigenvalue weighted by Gasteiger charge is 2.17. The molecule has 2 aromatic carbocycles. The number of ether oxygens (including phenoxy) is 2. The molecule has 1 amide bonds. The maximum atomic E-state index is 12.4. The summed E-state index contributed by atoms with van der Waals surface area (Å²) in [7, 11) is 1.58. The van der Waals surface area contributed by atoms with Crippen LogP contribution in [0.25, 0.3) is 0 Å². The van der Waals surface area contributed by atoms with E-state index in [0.717, 1.165) is 11.1 Å². The third-order valence-corrected chi connectivity index (χ3v) is 3.56. The predicted molar refractivity (Wildman–Crippen MR) is 93.0 cm³/mol. The average Bonchev–Trinajstić information content (AvgIpc) is 2.66. The van der Waals surface area contributed by atoms with Crippen molar-refractivity contribution in [2.24, 2.45) is 4.99 Å². The van der Waals surface area contributed by atoms with Crippen molar-refractivity contribution in [3.63, 3.8) is 0 Å². The first kappa shape index (κ1) is 18.2. The summed E-state index contributed by atoms with van der Waals surface area (Å²) < 4.78 is 10.7. The largest absolute Gasteiger partial charge is 0.496 e. The number of hydrogen-bond donors (Lipinski definition) is 0. The molecule has 2 aromatic rings. The van der Waals surface area contributed by atoms with Gasteiger partial charge in [0.15, 0.2) is 0 Å². The molecule has 0 bridgehead atoms. The fraction of sp³-hybridized carbons (Fsp3) is 0.263. The van der Waals surface area contributed by atoms with Gasteiger partial charge in [0.2, 0.25) is 6.08 Å². The molecule has 0 N–H and O–H groups in total. The maximum Gasteiger partial charge on any atom is 0.410 e. The van der Waals surface area contributed by atoms with Crippen LogP contribution in [-0.2, 0) is 22.7 Å². The average molecular weight is 340 g/mol. The van der Waals surface area contributed by atoms with Crippen molar-refractivity contribution in [1.29, 1.82) is 0 Å². The normalized spacial score (nSPS) is 9.80. The molecule has 130 valence electrons. The first-order chi connectivity index (χ1) is 12.2. The van der Waals surface area contributed by atoms with Gasteiger partial charge in [-0.1, -0.05) is 48.5 Å². The van der Waals surface area contributed by atoms with E-state index in [4.69, 9.17) is 9.47 Å². The molecule has 0 saturated carbocycles. The van der Waals surface area contributed by atoms with Crippen LogP contribution in [0.5, 0.6) is 5.75 Å². The van der Waals surface area contributed by atoms with Crippen molar-refractivity contribution in [3.8, 4) is 5.75 Å². The van der Waals surface area contributed by atoms with Gasteiger partial charge in [-0.15, -0.1) is 0 Å². The molecule has 25 heavy (non-hydrogen) atoms. The summed E-state index contributed by atoms with van der Waals surface area (Å²) in [6.07, 6.45) is 1.00. The first-order valence-corrected chi connectivity index (χ1v) is 7.85. The number of carbonyl (C=O) groups excluding carboxylic acids is 2. The monoisotopic (exact) mass is 340 g/mol. The zero-order valence-corrected chi connectivity index (χ0v) is 14.1. The van der Waals surface area contributed by atoms with Crippen LogP contribution in [0.4, 0.5) is 4.79 Å². The number of carbonyl (C=O) groups is 1. The zero-order chi connectivity index (χ0) is 17.9. The SMILES string of the molecule is COc1ccccc1CN(CCN=C=O)C(=O)OCc1ccccc1. The molecular formula is C19H20N2O4. The molecule has 0 aliphatic heterocycles. The summed E-state index contributed by atoms with van der Waals surface area (Å²) in [4.78, 5) is 27.7. The van der Waals surface area contributed by atoms with Gasteiger partial charge in [-0.25, -0.2) is 14.6 Å². The van der Waals surface area contributed by atoms with Crippen LogP contribution in [0.15, 0.2) is 59.6 Å². The summed E-state index contributed by atoms with van der Waals surface area (Å²) in [5.74, 6) is 0.683. The highest BCUT2D eigenvalue weighted by atomic mass is 16.6. The third-order valence-electron chi connectivity index (χ3n) is 3.56. The van der Waals surface area contributed by atoms with Crippen molar-refractivity contribution < 1.29 is 19.1 Å². The standard InChI is InChI=1S/C19H20N2O4/c1-24-18-10-6-5-9-17(18)13-21(12-11-20-15-22)19(23)25-14-16-7-3-2-4-8-16/h2-10H,11-14H2,1H3. The van der Waals surface area contributed by atoms with Gasteiger partial charge in [-0.05, 0) is 11.6 Å². The second-order valence-corrected chi connectivity index (χ2v) is 5.25. The molecule has 0 fully saturated rings. The molecule has 0 spiro atoms. The second-order valence-electron chi connectivity index (χ2n) is 5.25. The fourth-order valence-electron chi connectivity index (χ4n) is 2.30. The van der Waals surface area contributed by atoms with Crippen molar-refractivity contribution in [1.82, 2.24) is 4.90 Å². The molecule has 0 atom stereocenters. The summed E-state index contributed by atoms with van der Waals surface area (Å²) >= 11 is 0. The third kappa shape index (κ3) is 5.79. The maximum absolute atomic E-state index is 12.4. The van der Waals surface area contributed by atoms with E-state index in [1.165, 1.54) is 11.0 Å². The second kappa shape index (κ2) is 9.90. The van der Waals surface area contributed by atoms with Crippen LogP contribution in [0, 0.1) is 0 Å². The van der Waals surface area contributed by atoms with E-state index in [0.29, 0.717) is 12.3 Å². The van der Waals surface area contributed by atoms with Gasteiger partial charge in [-0.2, -0.15) is 0 Å². The molecule has 6 nitrogen and oxygen atoms in total. The first-order valence-electron chi connectivity index (χ1n) is 7.85. The van der Waals surface area contributed by atoms with Crippen molar-refractivity contribution >= 4 is 12.2 Å². The van der Waals surface area contributed by atoms with Gasteiger partial charge in [0.05, 0.1) is 20.2 Å². The quantitative estimate of drug-likeness (QED) is 0.547. The molecule has 0 aliphatic rings. The van der Waals surface area contributed by atoms with E-state index in [9.17, 15) is 9.59 Å². The van der Waals surface area contributed by atoms with E-state index in [-0.39, 0.29) is 19.7 Å². The molecule has 6 heteroatoms. The van der Waals surface area contributed by atoms with Crippen LogP contribution in [0.2, 0.25) is 0 Å². The lowest BCUT2D eigenvalue weighted by molar-refractivity contribution is 0.0945. The highest BCUT2D eigenvalue weighted by Crippen LogP contribution is 2.19. The van der Waals surface area contributed by atoms with E-state index in [1.807, 2.05) is 54.6 Å². The molecule has 0 radical (unpaired) electrons. The van der Waals surface area contributed by atoms with Gasteiger partial charge in [0.25, 0.3) is 0 Å². The molecule has 0 unspecified atom stereocenters. The number of rotatable bonds is 8. The topological polar surface area (TPSA) is 68.2 Å². The van der Waals surface area contributed by atoms with Gasteiger partial charge < -0.3 is 14.4 Å². The summed E-state index contributed by atoms with van der Waals surface area (Å²) in [5, 5.41) is 0. The highest BCUT2D eigenvalue weighted by molar-refractivity contribution is 5.68. The van der Waals surface area contributed by atoms with Crippen molar-refractivity contribution in [3.05, 3.63) is 65.7 Å². The Morgan fingerprint density at radius 3 is 2.56 bits per heavy atom. The Morgan fingerprint density at radius 1 is 1.12 bits per heavy atom. The Kier molecular flexibility index (Phi) is 7.22. The molecular weight excluding hydrogens is 320 g/mol.